The van der Waals surface area contributed by atoms with Crippen molar-refractivity contribution in [1.29, 1.82) is 0 Å². The maximum absolute atomic E-state index is 4.73. The number of hydrogen-bond donors (Lipinski definition) is 0. The van der Waals surface area contributed by atoms with E-state index >= 15 is 0 Å². The molecule has 0 unspecified atom stereocenters. The molecule has 0 heterocycles. The predicted molar refractivity (Wildman–Crippen MR) is 133 cm³/mol. The van der Waals surface area contributed by atoms with E-state index in [4.69, 9.17) is 20.3 Å². The molecule has 0 bridgehead atoms. The van der Waals surface area contributed by atoms with Crippen LogP contribution in [-0.4, -0.2) is 0 Å². The average molecular weight is 502 g/mol. The fraction of sp³-hybridized carbons (Fsp3) is 0. The van der Waals surface area contributed by atoms with Crippen LogP contribution in [-0.2, 0) is 12.9 Å². The second kappa shape index (κ2) is 15.6. The van der Waals surface area contributed by atoms with Gasteiger partial charge in [-0.1, -0.05) is 138 Å². The molecule has 0 radical (unpaired) electrons. The molecule has 0 saturated heterocycles. The van der Waals surface area contributed by atoms with Gasteiger partial charge in [0.15, 0.2) is 0 Å². The van der Waals surface area contributed by atoms with Crippen molar-refractivity contribution in [2.75, 3.05) is 0 Å². The van der Waals surface area contributed by atoms with Crippen molar-refractivity contribution in [1.82, 2.24) is 0 Å². The summed E-state index contributed by atoms with van der Waals surface area (Å²) in [6, 6.07) is 42.3. The molecule has 4 aromatic carbocycles. The van der Waals surface area contributed by atoms with Gasteiger partial charge in [-0.05, 0) is 21.2 Å². The third-order valence-corrected chi connectivity index (χ3v) is 6.16. The van der Waals surface area contributed by atoms with Crippen LogP contribution in [0.15, 0.2) is 121 Å². The Balaban J connectivity index is 0.000000183. The minimum atomic E-state index is 0.382. The summed E-state index contributed by atoms with van der Waals surface area (Å²) in [6.07, 6.45) is 0. The topological polar surface area (TPSA) is 0 Å². The smallest absolute Gasteiger partial charge is 0.0226 e. The van der Waals surface area contributed by atoms with Gasteiger partial charge in [0, 0.05) is 0 Å². The van der Waals surface area contributed by atoms with E-state index in [1.54, 1.807) is 0 Å². The quantitative estimate of drug-likeness (QED) is 0.300. The van der Waals surface area contributed by atoms with Crippen molar-refractivity contribution in [3.8, 4) is 0 Å². The first-order chi connectivity index (χ1) is 14.3. The molecule has 0 saturated carbocycles. The van der Waals surface area contributed by atoms with Crippen LogP contribution in [0.5, 0.6) is 0 Å². The summed E-state index contributed by atoms with van der Waals surface area (Å²) in [5.74, 6) is 0. The molecular formula is C24H22Cl2CoP2. The SMILES string of the molecule is [Cl][Co][Cl].c1ccc(Pc2ccccc2)cc1.c1ccc(Pc2ccccc2)cc1. The third kappa shape index (κ3) is 11.0. The van der Waals surface area contributed by atoms with Gasteiger partial charge in [0.05, 0.1) is 0 Å². The molecule has 0 fully saturated rings. The van der Waals surface area contributed by atoms with Gasteiger partial charge in [-0.2, -0.15) is 0 Å². The normalized spacial score (nSPS) is 9.59. The standard InChI is InChI=1S/2C12H11P.2ClH.Co/c2*1-3-7-11(8-4-1)13-12-9-5-2-6-10-12;;;/h2*1-10,13H;2*1H;/q;;;;+2/p-2. The summed E-state index contributed by atoms with van der Waals surface area (Å²) in [6.45, 7) is 0. The molecular weight excluding hydrogens is 480 g/mol. The molecule has 4 aromatic rings. The van der Waals surface area contributed by atoms with Crippen LogP contribution in [0.1, 0.15) is 0 Å². The van der Waals surface area contributed by atoms with Crippen LogP contribution < -0.4 is 21.2 Å². The van der Waals surface area contributed by atoms with E-state index in [1.807, 2.05) is 0 Å². The molecule has 0 N–H and O–H groups in total. The van der Waals surface area contributed by atoms with E-state index < -0.39 is 0 Å². The molecule has 0 aliphatic heterocycles. The second-order valence-corrected chi connectivity index (χ2v) is 10.3. The monoisotopic (exact) mass is 501 g/mol. The van der Waals surface area contributed by atoms with Gasteiger partial charge >= 0.3 is 33.2 Å². The largest absolute Gasteiger partial charge is 0.0622 e. The summed E-state index contributed by atoms with van der Waals surface area (Å²) in [4.78, 5) is 0. The average Bonchev–Trinajstić information content (AvgIpc) is 2.78. The summed E-state index contributed by atoms with van der Waals surface area (Å²) in [5, 5.41) is 5.59. The molecule has 0 aliphatic carbocycles. The van der Waals surface area contributed by atoms with Gasteiger partial charge in [0.25, 0.3) is 0 Å². The van der Waals surface area contributed by atoms with Gasteiger partial charge in [-0.25, -0.2) is 0 Å². The molecule has 151 valence electrons. The molecule has 29 heavy (non-hydrogen) atoms. The van der Waals surface area contributed by atoms with E-state index in [1.165, 1.54) is 21.2 Å². The van der Waals surface area contributed by atoms with Crippen LogP contribution in [0, 0.1) is 0 Å². The Morgan fingerprint density at radius 2 is 0.552 bits per heavy atom. The van der Waals surface area contributed by atoms with E-state index in [0.717, 1.165) is 17.2 Å². The summed E-state index contributed by atoms with van der Waals surface area (Å²) in [7, 11) is 11.0. The van der Waals surface area contributed by atoms with Crippen molar-refractivity contribution >= 4 is 58.7 Å². The summed E-state index contributed by atoms with van der Waals surface area (Å²) >= 11 is 0.382. The Morgan fingerprint density at radius 3 is 0.724 bits per heavy atom. The van der Waals surface area contributed by atoms with Gasteiger partial charge in [-0.3, -0.25) is 0 Å². The van der Waals surface area contributed by atoms with E-state index in [9.17, 15) is 0 Å². The summed E-state index contributed by atoms with van der Waals surface area (Å²) < 4.78 is 0. The minimum Gasteiger partial charge on any atom is -0.0622 e. The van der Waals surface area contributed by atoms with Crippen molar-refractivity contribution in [2.24, 2.45) is 0 Å². The van der Waals surface area contributed by atoms with Crippen LogP contribution in [0.4, 0.5) is 0 Å². The van der Waals surface area contributed by atoms with Gasteiger partial charge < -0.3 is 0 Å². The van der Waals surface area contributed by atoms with Crippen LogP contribution in [0.2, 0.25) is 0 Å². The van der Waals surface area contributed by atoms with Gasteiger partial charge in [0.2, 0.25) is 0 Å². The number of rotatable bonds is 4. The van der Waals surface area contributed by atoms with Crippen LogP contribution >= 0.6 is 37.5 Å². The zero-order valence-electron chi connectivity index (χ0n) is 15.6. The molecule has 0 spiro atoms. The zero-order valence-corrected chi connectivity index (χ0v) is 20.2. The Labute approximate surface area is 192 Å². The van der Waals surface area contributed by atoms with E-state index in [2.05, 4.69) is 121 Å². The predicted octanol–water partition coefficient (Wildman–Crippen LogP) is 6.01. The first kappa shape index (κ1) is 24.1. The maximum Gasteiger partial charge on any atom is -0.0226 e. The minimum absolute atomic E-state index is 0.382. The second-order valence-electron chi connectivity index (χ2n) is 5.76. The molecule has 0 atom stereocenters. The van der Waals surface area contributed by atoms with Crippen molar-refractivity contribution in [3.05, 3.63) is 121 Å². The van der Waals surface area contributed by atoms with Crippen LogP contribution in [0.3, 0.4) is 0 Å². The van der Waals surface area contributed by atoms with Crippen LogP contribution in [0.25, 0.3) is 0 Å². The van der Waals surface area contributed by atoms with Gasteiger partial charge in [-0.15, -0.1) is 0 Å². The fourth-order valence-corrected chi connectivity index (χ4v) is 4.52. The van der Waals surface area contributed by atoms with Crippen molar-refractivity contribution in [3.63, 3.8) is 0 Å². The Morgan fingerprint density at radius 1 is 0.379 bits per heavy atom. The zero-order chi connectivity index (χ0) is 20.6. The fourth-order valence-electron chi connectivity index (χ4n) is 2.42. The van der Waals surface area contributed by atoms with Gasteiger partial charge in [0.1, 0.15) is 0 Å². The maximum atomic E-state index is 4.73. The Kier molecular flexibility index (Phi) is 13.0. The summed E-state index contributed by atoms with van der Waals surface area (Å²) in [5.41, 5.74) is 0. The van der Waals surface area contributed by atoms with E-state index in [0.29, 0.717) is 12.9 Å². The first-order valence-electron chi connectivity index (χ1n) is 8.89. The number of hydrogen-bond acceptors (Lipinski definition) is 0. The number of benzene rings is 4. The third-order valence-electron chi connectivity index (χ3n) is 3.67. The molecule has 0 aromatic heterocycles. The first-order valence-corrected chi connectivity index (χ1v) is 13.8. The Hall–Kier alpha value is -1.17. The van der Waals surface area contributed by atoms with Crippen molar-refractivity contribution in [2.45, 2.75) is 0 Å². The molecule has 0 nitrogen and oxygen atoms in total. The molecule has 4 rings (SSSR count). The molecule has 5 heteroatoms. The van der Waals surface area contributed by atoms with Crippen molar-refractivity contribution < 1.29 is 12.9 Å². The Bertz CT molecular complexity index is 741. The molecule has 0 amide bonds. The van der Waals surface area contributed by atoms with E-state index in [-0.39, 0.29) is 0 Å². The molecule has 0 aliphatic rings. The number of halogens is 2.